The fourth-order valence-electron chi connectivity index (χ4n) is 3.89. The lowest BCUT2D eigenvalue weighted by molar-refractivity contribution is -0.145. The van der Waals surface area contributed by atoms with Gasteiger partial charge in [0.2, 0.25) is 5.88 Å². The minimum Gasteiger partial charge on any atom is -0.489 e. The number of nitrogens with zero attached hydrogens (tertiary/aromatic N) is 1. The first kappa shape index (κ1) is 24.2. The van der Waals surface area contributed by atoms with Crippen LogP contribution >= 0.6 is 0 Å². The molecule has 0 aliphatic carbocycles. The molecule has 6 heteroatoms. The fraction of sp³-hybridized carbons (Fsp3) is 0.241. The van der Waals surface area contributed by atoms with E-state index in [0.29, 0.717) is 23.6 Å². The number of ether oxygens (including phenoxy) is 3. The Labute approximate surface area is 204 Å². The second-order valence-corrected chi connectivity index (χ2v) is 8.41. The molecule has 0 spiro atoms. The van der Waals surface area contributed by atoms with Crippen molar-refractivity contribution in [2.24, 2.45) is 0 Å². The van der Waals surface area contributed by atoms with Crippen molar-refractivity contribution in [1.82, 2.24) is 4.98 Å². The number of esters is 1. The molecule has 0 bridgehead atoms. The second kappa shape index (κ2) is 11.0. The summed E-state index contributed by atoms with van der Waals surface area (Å²) >= 11 is 0. The average Bonchev–Trinajstić information content (AvgIpc) is 2.87. The minimum atomic E-state index is -0.465. The van der Waals surface area contributed by atoms with E-state index in [-0.39, 0.29) is 24.9 Å². The number of hydrogen-bond donors (Lipinski definition) is 0. The molecule has 35 heavy (non-hydrogen) atoms. The van der Waals surface area contributed by atoms with Crippen LogP contribution in [0.15, 0.2) is 72.8 Å². The number of carbonyl (C=O) groups excluding carboxylic acids is 1. The molecule has 180 valence electrons. The summed E-state index contributed by atoms with van der Waals surface area (Å²) in [6, 6.07) is 22.0. The molecular formula is C29H28FNO4. The van der Waals surface area contributed by atoms with Crippen LogP contribution in [0.25, 0.3) is 21.9 Å². The second-order valence-electron chi connectivity index (χ2n) is 8.41. The SMILES string of the molecule is CCOC(=O)COc1nc(C(C)C)c(-c2ccc(F)cc2)c2ccc(OCc3ccccc3)cc12. The molecule has 5 nitrogen and oxygen atoms in total. The Bertz CT molecular complexity index is 1300. The molecule has 0 atom stereocenters. The normalized spacial score (nSPS) is 11.0. The summed E-state index contributed by atoms with van der Waals surface area (Å²) in [5.74, 6) is 0.258. The lowest BCUT2D eigenvalue weighted by atomic mass is 9.92. The summed E-state index contributed by atoms with van der Waals surface area (Å²) in [6.45, 7) is 6.25. The first-order valence-electron chi connectivity index (χ1n) is 11.6. The topological polar surface area (TPSA) is 57.7 Å². The molecule has 0 amide bonds. The van der Waals surface area contributed by atoms with Gasteiger partial charge in [-0.2, -0.15) is 0 Å². The Morgan fingerprint density at radius 2 is 1.69 bits per heavy atom. The van der Waals surface area contributed by atoms with Crippen molar-refractivity contribution in [1.29, 1.82) is 0 Å². The highest BCUT2D eigenvalue weighted by atomic mass is 19.1. The molecular weight excluding hydrogens is 445 g/mol. The van der Waals surface area contributed by atoms with Crippen molar-refractivity contribution in [2.45, 2.75) is 33.3 Å². The smallest absolute Gasteiger partial charge is 0.344 e. The third kappa shape index (κ3) is 5.77. The van der Waals surface area contributed by atoms with E-state index in [1.807, 2.05) is 62.4 Å². The van der Waals surface area contributed by atoms with Gasteiger partial charge in [-0.15, -0.1) is 0 Å². The molecule has 0 N–H and O–H groups in total. The van der Waals surface area contributed by atoms with Gasteiger partial charge in [0, 0.05) is 10.9 Å². The van der Waals surface area contributed by atoms with Gasteiger partial charge in [0.15, 0.2) is 6.61 Å². The standard InChI is InChI=1S/C29H28FNO4/c1-4-33-26(32)18-35-29-25-16-23(34-17-20-8-6-5-7-9-20)14-15-24(25)27(28(31-29)19(2)3)21-10-12-22(30)13-11-21/h5-16,19H,4,17-18H2,1-3H3. The zero-order valence-electron chi connectivity index (χ0n) is 20.1. The Balaban J connectivity index is 1.81. The number of carbonyl (C=O) groups is 1. The maximum absolute atomic E-state index is 13.7. The zero-order valence-corrected chi connectivity index (χ0v) is 20.1. The van der Waals surface area contributed by atoms with Crippen LogP contribution in [0.2, 0.25) is 0 Å². The molecule has 1 aromatic heterocycles. The maximum Gasteiger partial charge on any atom is 0.344 e. The Kier molecular flexibility index (Phi) is 7.60. The highest BCUT2D eigenvalue weighted by Crippen LogP contribution is 2.40. The summed E-state index contributed by atoms with van der Waals surface area (Å²) in [5.41, 5.74) is 3.59. The van der Waals surface area contributed by atoms with Gasteiger partial charge >= 0.3 is 5.97 Å². The van der Waals surface area contributed by atoms with Crippen molar-refractivity contribution in [3.05, 3.63) is 89.9 Å². The number of rotatable bonds is 9. The molecule has 1 heterocycles. The van der Waals surface area contributed by atoms with E-state index in [2.05, 4.69) is 0 Å². The Hall–Kier alpha value is -3.93. The van der Waals surface area contributed by atoms with Crippen molar-refractivity contribution in [3.8, 4) is 22.8 Å². The molecule has 0 unspecified atom stereocenters. The van der Waals surface area contributed by atoms with Gasteiger partial charge in [-0.3, -0.25) is 0 Å². The first-order valence-corrected chi connectivity index (χ1v) is 11.6. The van der Waals surface area contributed by atoms with Gasteiger partial charge < -0.3 is 14.2 Å². The zero-order chi connectivity index (χ0) is 24.8. The molecule has 0 aliphatic heterocycles. The first-order chi connectivity index (χ1) is 17.0. The summed E-state index contributed by atoms with van der Waals surface area (Å²) in [4.78, 5) is 16.8. The van der Waals surface area contributed by atoms with Crippen molar-refractivity contribution in [2.75, 3.05) is 13.2 Å². The van der Waals surface area contributed by atoms with Crippen LogP contribution in [0.1, 0.15) is 37.9 Å². The Morgan fingerprint density at radius 1 is 0.943 bits per heavy atom. The van der Waals surface area contributed by atoms with Crippen LogP contribution < -0.4 is 9.47 Å². The lowest BCUT2D eigenvalue weighted by Gasteiger charge is -2.19. The van der Waals surface area contributed by atoms with Gasteiger partial charge in [0.25, 0.3) is 0 Å². The molecule has 0 fully saturated rings. The van der Waals surface area contributed by atoms with Gasteiger partial charge in [-0.25, -0.2) is 14.2 Å². The summed E-state index contributed by atoms with van der Waals surface area (Å²) in [6.07, 6.45) is 0. The number of aromatic nitrogens is 1. The molecule has 3 aromatic carbocycles. The molecule has 0 radical (unpaired) electrons. The van der Waals surface area contributed by atoms with Crippen molar-refractivity contribution >= 4 is 16.7 Å². The maximum atomic E-state index is 13.7. The van der Waals surface area contributed by atoms with Gasteiger partial charge in [-0.1, -0.05) is 56.3 Å². The third-order valence-corrected chi connectivity index (χ3v) is 5.53. The van der Waals surface area contributed by atoms with E-state index in [1.165, 1.54) is 12.1 Å². The van der Waals surface area contributed by atoms with Crippen molar-refractivity contribution in [3.63, 3.8) is 0 Å². The van der Waals surface area contributed by atoms with Crippen LogP contribution in [0, 0.1) is 5.82 Å². The third-order valence-electron chi connectivity index (χ3n) is 5.53. The van der Waals surface area contributed by atoms with Gasteiger partial charge in [-0.05, 0) is 59.7 Å². The van der Waals surface area contributed by atoms with Gasteiger partial charge in [0.1, 0.15) is 18.2 Å². The van der Waals surface area contributed by atoms with Gasteiger partial charge in [0.05, 0.1) is 12.3 Å². The summed E-state index contributed by atoms with van der Waals surface area (Å²) < 4.78 is 30.6. The van der Waals surface area contributed by atoms with Crippen molar-refractivity contribution < 1.29 is 23.4 Å². The fourth-order valence-corrected chi connectivity index (χ4v) is 3.89. The number of benzene rings is 3. The monoisotopic (exact) mass is 473 g/mol. The molecule has 4 rings (SSSR count). The van der Waals surface area contributed by atoms with E-state index in [0.717, 1.165) is 27.8 Å². The number of fused-ring (bicyclic) bond motifs is 1. The number of hydrogen-bond acceptors (Lipinski definition) is 5. The lowest BCUT2D eigenvalue weighted by Crippen LogP contribution is -2.16. The summed E-state index contributed by atoms with van der Waals surface area (Å²) in [7, 11) is 0. The van der Waals surface area contributed by atoms with Crippen LogP contribution in [-0.4, -0.2) is 24.2 Å². The molecule has 4 aromatic rings. The van der Waals surface area contributed by atoms with Crippen LogP contribution in [-0.2, 0) is 16.1 Å². The number of halogens is 1. The van der Waals surface area contributed by atoms with E-state index >= 15 is 0 Å². The predicted octanol–water partition coefficient (Wildman–Crippen LogP) is 6.69. The predicted molar refractivity (Wildman–Crippen MR) is 134 cm³/mol. The highest BCUT2D eigenvalue weighted by molar-refractivity contribution is 6.01. The molecule has 0 aliphatic rings. The molecule has 0 saturated heterocycles. The van der Waals surface area contributed by atoms with Crippen LogP contribution in [0.5, 0.6) is 11.6 Å². The van der Waals surface area contributed by atoms with E-state index in [9.17, 15) is 9.18 Å². The average molecular weight is 474 g/mol. The Morgan fingerprint density at radius 3 is 2.37 bits per heavy atom. The quantitative estimate of drug-likeness (QED) is 0.254. The van der Waals surface area contributed by atoms with E-state index < -0.39 is 5.97 Å². The minimum absolute atomic E-state index is 0.0541. The van der Waals surface area contributed by atoms with E-state index in [1.54, 1.807) is 19.1 Å². The highest BCUT2D eigenvalue weighted by Gasteiger charge is 2.20. The van der Waals surface area contributed by atoms with Crippen LogP contribution in [0.3, 0.4) is 0 Å². The summed E-state index contributed by atoms with van der Waals surface area (Å²) in [5, 5.41) is 1.57. The largest absolute Gasteiger partial charge is 0.489 e. The van der Waals surface area contributed by atoms with Crippen LogP contribution in [0.4, 0.5) is 4.39 Å². The number of pyridine rings is 1. The van der Waals surface area contributed by atoms with E-state index in [4.69, 9.17) is 19.2 Å². The molecule has 0 saturated carbocycles.